The van der Waals surface area contributed by atoms with Crippen molar-refractivity contribution in [2.45, 2.75) is 19.8 Å². The molecular weight excluding hydrogens is 238 g/mol. The third-order valence-corrected chi connectivity index (χ3v) is 3.90. The number of aryl methyl sites for hydroxylation is 1. The zero-order chi connectivity index (χ0) is 12.3. The number of ether oxygens (including phenoxy) is 1. The van der Waals surface area contributed by atoms with Crippen LogP contribution in [0.1, 0.15) is 27.4 Å². The lowest BCUT2D eigenvalue weighted by molar-refractivity contribution is 0.0697. The van der Waals surface area contributed by atoms with E-state index in [9.17, 15) is 4.79 Å². The lowest BCUT2D eigenvalue weighted by atomic mass is 10.4. The summed E-state index contributed by atoms with van der Waals surface area (Å²) >= 11 is 1.27. The zero-order valence-electron chi connectivity index (χ0n) is 9.94. The maximum Gasteiger partial charge on any atom is 0.349 e. The summed E-state index contributed by atoms with van der Waals surface area (Å²) in [5, 5.41) is 9.01. The molecule has 1 fully saturated rings. The number of nitrogens with zero attached hydrogens (tertiary/aromatic N) is 1. The third-order valence-electron chi connectivity index (χ3n) is 2.88. The topological polar surface area (TPSA) is 49.8 Å². The maximum atomic E-state index is 11.0. The van der Waals surface area contributed by atoms with Gasteiger partial charge in [-0.15, -0.1) is 11.3 Å². The SMILES string of the molecule is Cc1cc(OCCN2CCCC2)c(C(=O)O)s1. The van der Waals surface area contributed by atoms with Gasteiger partial charge >= 0.3 is 5.97 Å². The van der Waals surface area contributed by atoms with Gasteiger partial charge in [0.2, 0.25) is 0 Å². The monoisotopic (exact) mass is 255 g/mol. The number of likely N-dealkylation sites (tertiary alicyclic amines) is 1. The van der Waals surface area contributed by atoms with Crippen molar-refractivity contribution in [2.24, 2.45) is 0 Å². The predicted molar refractivity (Wildman–Crippen MR) is 67.2 cm³/mol. The molecule has 1 aliphatic rings. The Morgan fingerprint density at radius 3 is 2.88 bits per heavy atom. The molecule has 0 atom stereocenters. The van der Waals surface area contributed by atoms with Crippen molar-refractivity contribution in [1.82, 2.24) is 4.90 Å². The highest BCUT2D eigenvalue weighted by molar-refractivity contribution is 7.14. The molecule has 0 radical (unpaired) electrons. The molecule has 1 aliphatic heterocycles. The van der Waals surface area contributed by atoms with E-state index in [0.29, 0.717) is 17.2 Å². The molecule has 0 spiro atoms. The minimum atomic E-state index is -0.903. The van der Waals surface area contributed by atoms with E-state index in [4.69, 9.17) is 9.84 Å². The molecule has 2 heterocycles. The Balaban J connectivity index is 1.87. The van der Waals surface area contributed by atoms with Gasteiger partial charge in [0.15, 0.2) is 4.88 Å². The van der Waals surface area contributed by atoms with Crippen LogP contribution in [0.15, 0.2) is 6.07 Å². The summed E-state index contributed by atoms with van der Waals surface area (Å²) in [5.74, 6) is -0.390. The van der Waals surface area contributed by atoms with Gasteiger partial charge in [0.25, 0.3) is 0 Å². The second-order valence-corrected chi connectivity index (χ2v) is 5.51. The van der Waals surface area contributed by atoms with E-state index < -0.39 is 5.97 Å². The second-order valence-electron chi connectivity index (χ2n) is 4.25. The standard InChI is InChI=1S/C12H17NO3S/c1-9-8-10(11(17-9)12(14)15)16-7-6-13-4-2-3-5-13/h8H,2-7H2,1H3,(H,14,15). The van der Waals surface area contributed by atoms with Gasteiger partial charge in [-0.1, -0.05) is 0 Å². The van der Waals surface area contributed by atoms with E-state index in [-0.39, 0.29) is 0 Å². The Kier molecular flexibility index (Phi) is 4.02. The third kappa shape index (κ3) is 3.20. The molecular formula is C12H17NO3S. The first-order valence-electron chi connectivity index (χ1n) is 5.85. The normalized spacial score (nSPS) is 16.3. The van der Waals surface area contributed by atoms with Crippen molar-refractivity contribution in [1.29, 1.82) is 0 Å². The molecule has 4 nitrogen and oxygen atoms in total. The van der Waals surface area contributed by atoms with Gasteiger partial charge in [-0.2, -0.15) is 0 Å². The smallest absolute Gasteiger partial charge is 0.349 e. The first-order chi connectivity index (χ1) is 8.16. The van der Waals surface area contributed by atoms with Crippen LogP contribution in [0.3, 0.4) is 0 Å². The van der Waals surface area contributed by atoms with Crippen LogP contribution in [0.2, 0.25) is 0 Å². The van der Waals surface area contributed by atoms with Gasteiger partial charge in [0, 0.05) is 11.4 Å². The van der Waals surface area contributed by atoms with Crippen LogP contribution < -0.4 is 4.74 Å². The van der Waals surface area contributed by atoms with Gasteiger partial charge in [-0.3, -0.25) is 4.90 Å². The fourth-order valence-electron chi connectivity index (χ4n) is 2.04. The summed E-state index contributed by atoms with van der Waals surface area (Å²) in [6.07, 6.45) is 2.52. The summed E-state index contributed by atoms with van der Waals surface area (Å²) in [4.78, 5) is 14.6. The van der Waals surface area contributed by atoms with E-state index in [0.717, 1.165) is 24.5 Å². The fraction of sp³-hybridized carbons (Fsp3) is 0.583. The van der Waals surface area contributed by atoms with Crippen molar-refractivity contribution < 1.29 is 14.6 Å². The van der Waals surface area contributed by atoms with Crippen LogP contribution in [0.4, 0.5) is 0 Å². The predicted octanol–water partition coefficient (Wildman–Crippen LogP) is 2.23. The summed E-state index contributed by atoms with van der Waals surface area (Å²) < 4.78 is 5.57. The first kappa shape index (κ1) is 12.4. The number of carbonyl (C=O) groups is 1. The van der Waals surface area contributed by atoms with Crippen LogP contribution in [-0.4, -0.2) is 42.2 Å². The van der Waals surface area contributed by atoms with Gasteiger partial charge in [0.1, 0.15) is 12.4 Å². The molecule has 0 bridgehead atoms. The van der Waals surface area contributed by atoms with Crippen molar-refractivity contribution in [3.63, 3.8) is 0 Å². The van der Waals surface area contributed by atoms with Crippen molar-refractivity contribution in [3.05, 3.63) is 15.8 Å². The van der Waals surface area contributed by atoms with E-state index in [1.54, 1.807) is 6.07 Å². The van der Waals surface area contributed by atoms with Crippen LogP contribution in [0, 0.1) is 6.92 Å². The average Bonchev–Trinajstić information content (AvgIpc) is 2.88. The molecule has 17 heavy (non-hydrogen) atoms. The second kappa shape index (κ2) is 5.51. The van der Waals surface area contributed by atoms with Crippen molar-refractivity contribution >= 4 is 17.3 Å². The van der Waals surface area contributed by atoms with Crippen LogP contribution in [0.25, 0.3) is 0 Å². The minimum absolute atomic E-state index is 0.309. The molecule has 0 aliphatic carbocycles. The molecule has 2 rings (SSSR count). The molecule has 1 saturated heterocycles. The molecule has 1 aromatic heterocycles. The molecule has 0 unspecified atom stereocenters. The van der Waals surface area contributed by atoms with Crippen LogP contribution >= 0.6 is 11.3 Å². The highest BCUT2D eigenvalue weighted by Gasteiger charge is 2.16. The summed E-state index contributed by atoms with van der Waals surface area (Å²) in [6, 6.07) is 1.80. The quantitative estimate of drug-likeness (QED) is 0.876. The number of carboxylic acid groups (broad SMARTS) is 1. The Labute approximate surface area is 105 Å². The van der Waals surface area contributed by atoms with E-state index in [2.05, 4.69) is 4.90 Å². The maximum absolute atomic E-state index is 11.0. The van der Waals surface area contributed by atoms with E-state index >= 15 is 0 Å². The number of aromatic carboxylic acids is 1. The molecule has 1 N–H and O–H groups in total. The van der Waals surface area contributed by atoms with Crippen molar-refractivity contribution in [2.75, 3.05) is 26.2 Å². The van der Waals surface area contributed by atoms with Gasteiger partial charge in [0.05, 0.1) is 0 Å². The summed E-state index contributed by atoms with van der Waals surface area (Å²) in [6.45, 7) is 5.62. The number of hydrogen-bond acceptors (Lipinski definition) is 4. The highest BCUT2D eigenvalue weighted by atomic mass is 32.1. The minimum Gasteiger partial charge on any atom is -0.490 e. The molecule has 0 aromatic carbocycles. The number of hydrogen-bond donors (Lipinski definition) is 1. The van der Waals surface area contributed by atoms with Crippen LogP contribution in [0.5, 0.6) is 5.75 Å². The first-order valence-corrected chi connectivity index (χ1v) is 6.67. The summed E-state index contributed by atoms with van der Waals surface area (Å²) in [5.41, 5.74) is 0. The lowest BCUT2D eigenvalue weighted by Gasteiger charge is -2.14. The molecule has 0 amide bonds. The summed E-state index contributed by atoms with van der Waals surface area (Å²) in [7, 11) is 0. The Bertz CT molecular complexity index is 396. The molecule has 1 aromatic rings. The highest BCUT2D eigenvalue weighted by Crippen LogP contribution is 2.28. The average molecular weight is 255 g/mol. The molecule has 0 saturated carbocycles. The van der Waals surface area contributed by atoms with Gasteiger partial charge in [-0.25, -0.2) is 4.79 Å². The van der Waals surface area contributed by atoms with E-state index in [1.807, 2.05) is 6.92 Å². The Morgan fingerprint density at radius 1 is 1.53 bits per heavy atom. The Hall–Kier alpha value is -1.07. The van der Waals surface area contributed by atoms with Crippen molar-refractivity contribution in [3.8, 4) is 5.75 Å². The van der Waals surface area contributed by atoms with Gasteiger partial charge in [-0.05, 0) is 38.9 Å². The largest absolute Gasteiger partial charge is 0.490 e. The number of thiophene rings is 1. The van der Waals surface area contributed by atoms with Crippen LogP contribution in [-0.2, 0) is 0 Å². The fourth-order valence-corrected chi connectivity index (χ4v) is 2.83. The Morgan fingerprint density at radius 2 is 2.24 bits per heavy atom. The molecule has 94 valence electrons. The number of carboxylic acids is 1. The van der Waals surface area contributed by atoms with E-state index in [1.165, 1.54) is 24.2 Å². The number of rotatable bonds is 5. The molecule has 5 heteroatoms. The van der Waals surface area contributed by atoms with Gasteiger partial charge < -0.3 is 9.84 Å². The lowest BCUT2D eigenvalue weighted by Crippen LogP contribution is -2.25. The zero-order valence-corrected chi connectivity index (χ0v) is 10.8.